The van der Waals surface area contributed by atoms with Crippen molar-refractivity contribution in [1.82, 2.24) is 20.2 Å². The minimum Gasteiger partial charge on any atom is -0.416 e. The number of rotatable bonds is 13. The van der Waals surface area contributed by atoms with E-state index in [-0.39, 0.29) is 23.5 Å². The van der Waals surface area contributed by atoms with Crippen LogP contribution in [-0.2, 0) is 23.9 Å². The van der Waals surface area contributed by atoms with Crippen LogP contribution in [0.15, 0.2) is 60.8 Å². The number of aryl methyl sites for hydroxylation is 1. The van der Waals surface area contributed by atoms with Gasteiger partial charge in [0.05, 0.1) is 12.3 Å². The molecule has 2 aromatic carbocycles. The summed E-state index contributed by atoms with van der Waals surface area (Å²) < 4.78 is 6.44. The third-order valence-corrected chi connectivity index (χ3v) is 15.1. The molecule has 0 atom stereocenters. The van der Waals surface area contributed by atoms with Gasteiger partial charge in [0.25, 0.3) is 11.8 Å². The van der Waals surface area contributed by atoms with Crippen LogP contribution in [0.2, 0.25) is 18.1 Å². The summed E-state index contributed by atoms with van der Waals surface area (Å²) in [5.41, 5.74) is 10.0. The van der Waals surface area contributed by atoms with E-state index >= 15 is 0 Å². The van der Waals surface area contributed by atoms with Gasteiger partial charge in [-0.2, -0.15) is 0 Å². The van der Waals surface area contributed by atoms with E-state index in [1.807, 2.05) is 62.4 Å². The van der Waals surface area contributed by atoms with Gasteiger partial charge in [-0.1, -0.05) is 51.1 Å². The maximum Gasteiger partial charge on any atom is 0.274 e. The van der Waals surface area contributed by atoms with Crippen LogP contribution in [0.3, 0.4) is 0 Å². The predicted octanol–water partition coefficient (Wildman–Crippen LogP) is 7.04. The number of amides is 2. The number of aliphatic hydroxyl groups excluding tert-OH is 1. The highest BCUT2D eigenvalue weighted by Crippen LogP contribution is 2.37. The molecule has 0 radical (unpaired) electrons. The zero-order valence-electron chi connectivity index (χ0n) is 31.9. The summed E-state index contributed by atoms with van der Waals surface area (Å²) in [5, 5.41) is 18.4. The highest BCUT2D eigenvalue weighted by atomic mass is 28.4. The zero-order chi connectivity index (χ0) is 37.6. The summed E-state index contributed by atoms with van der Waals surface area (Å²) in [4.78, 5) is 38.4. The number of anilines is 2. The number of aromatic nitrogens is 2. The minimum absolute atomic E-state index is 0.0611. The number of hydrogen-bond acceptors (Lipinski definition) is 8. The van der Waals surface area contributed by atoms with Crippen molar-refractivity contribution >= 4 is 31.5 Å². The van der Waals surface area contributed by atoms with Gasteiger partial charge in [-0.25, -0.2) is 4.98 Å². The Morgan fingerprint density at radius 1 is 0.923 bits per heavy atom. The summed E-state index contributed by atoms with van der Waals surface area (Å²) in [6.07, 6.45) is 2.57. The molecule has 1 aliphatic heterocycles. The molecule has 3 heterocycles. The number of carbonyl (C=O) groups excluding carboxylic acids is 2. The molecule has 0 saturated heterocycles. The van der Waals surface area contributed by atoms with Crippen LogP contribution >= 0.6 is 0 Å². The van der Waals surface area contributed by atoms with Gasteiger partial charge in [0.2, 0.25) is 0 Å². The molecule has 11 heteroatoms. The molecule has 2 amide bonds. The van der Waals surface area contributed by atoms with E-state index in [4.69, 9.17) is 14.5 Å². The number of aliphatic hydroxyl groups is 1. The van der Waals surface area contributed by atoms with Crippen LogP contribution in [0.5, 0.6) is 0 Å². The SMILES string of the molecule is Cc1cc(C(=O)Nc2cccc(-c3cccc(NC(=O)c4ccc(CNCCO)cn4)c3C)c2C)nc2c1CCN(CCO[Si](C)(C)C(C)(C)C)C2. The third kappa shape index (κ3) is 9.20. The Morgan fingerprint density at radius 3 is 2.13 bits per heavy atom. The monoisotopic (exact) mass is 722 g/mol. The van der Waals surface area contributed by atoms with Crippen molar-refractivity contribution < 1.29 is 19.1 Å². The predicted molar refractivity (Wildman–Crippen MR) is 211 cm³/mol. The first-order valence-electron chi connectivity index (χ1n) is 18.1. The summed E-state index contributed by atoms with van der Waals surface area (Å²) in [7, 11) is -1.81. The van der Waals surface area contributed by atoms with Gasteiger partial charge in [0.15, 0.2) is 8.32 Å². The molecule has 0 bridgehead atoms. The quantitative estimate of drug-likeness (QED) is 0.0856. The number of hydrogen-bond donors (Lipinski definition) is 4. The fourth-order valence-electron chi connectivity index (χ4n) is 6.23. The Labute approximate surface area is 309 Å². The van der Waals surface area contributed by atoms with Crippen LogP contribution < -0.4 is 16.0 Å². The van der Waals surface area contributed by atoms with Crippen molar-refractivity contribution in [2.45, 2.75) is 79.2 Å². The van der Waals surface area contributed by atoms with Crippen LogP contribution in [0.25, 0.3) is 11.1 Å². The van der Waals surface area contributed by atoms with Crippen LogP contribution in [0.4, 0.5) is 11.4 Å². The second kappa shape index (κ2) is 16.6. The molecule has 1 aliphatic rings. The first-order valence-corrected chi connectivity index (χ1v) is 21.0. The fourth-order valence-corrected chi connectivity index (χ4v) is 7.26. The molecular formula is C41H54N6O4Si. The second-order valence-electron chi connectivity index (χ2n) is 15.2. The van der Waals surface area contributed by atoms with Crippen molar-refractivity contribution in [2.75, 3.05) is 43.5 Å². The first-order chi connectivity index (χ1) is 24.7. The molecule has 5 rings (SSSR count). The number of pyridine rings is 2. The molecule has 10 nitrogen and oxygen atoms in total. The molecule has 52 heavy (non-hydrogen) atoms. The Bertz CT molecular complexity index is 1900. The van der Waals surface area contributed by atoms with Gasteiger partial charge < -0.3 is 25.5 Å². The first kappa shape index (κ1) is 39.0. The number of nitrogens with zero attached hydrogens (tertiary/aromatic N) is 3. The van der Waals surface area contributed by atoms with Crippen LogP contribution in [0.1, 0.15) is 75.3 Å². The van der Waals surface area contributed by atoms with Gasteiger partial charge in [0, 0.05) is 56.9 Å². The van der Waals surface area contributed by atoms with E-state index in [1.165, 1.54) is 5.56 Å². The van der Waals surface area contributed by atoms with Gasteiger partial charge in [-0.15, -0.1) is 0 Å². The Balaban J connectivity index is 1.27. The molecule has 4 N–H and O–H groups in total. The van der Waals surface area contributed by atoms with Crippen LogP contribution in [-0.4, -0.2) is 73.0 Å². The van der Waals surface area contributed by atoms with Crippen molar-refractivity contribution in [1.29, 1.82) is 0 Å². The average Bonchev–Trinajstić information content (AvgIpc) is 3.10. The topological polar surface area (TPSA) is 129 Å². The van der Waals surface area contributed by atoms with Gasteiger partial charge in [0.1, 0.15) is 11.4 Å². The van der Waals surface area contributed by atoms with Crippen LogP contribution in [0, 0.1) is 20.8 Å². The molecule has 0 saturated carbocycles. The van der Waals surface area contributed by atoms with E-state index in [0.717, 1.165) is 58.6 Å². The molecule has 0 aliphatic carbocycles. The Morgan fingerprint density at radius 2 is 1.56 bits per heavy atom. The highest BCUT2D eigenvalue weighted by molar-refractivity contribution is 6.74. The lowest BCUT2D eigenvalue weighted by atomic mass is 9.94. The van der Waals surface area contributed by atoms with Crippen molar-refractivity contribution in [3.63, 3.8) is 0 Å². The maximum absolute atomic E-state index is 13.7. The second-order valence-corrected chi connectivity index (χ2v) is 20.0. The lowest BCUT2D eigenvalue weighted by molar-refractivity contribution is 0.101. The van der Waals surface area contributed by atoms with Gasteiger partial charge in [-0.05, 0) is 109 Å². The van der Waals surface area contributed by atoms with E-state index in [1.54, 1.807) is 12.3 Å². The molecule has 4 aromatic rings. The highest BCUT2D eigenvalue weighted by Gasteiger charge is 2.37. The summed E-state index contributed by atoms with van der Waals surface area (Å²) in [6.45, 7) is 21.7. The standard InChI is InChI=1S/C41H54N6O4Si/c1-27-23-37(44-38-26-47(19-17-31(27)38)20-22-51-52(7,8)41(4,5)6)40(50)46-35-14-10-12-33(29(35)3)32-11-9-13-34(28(32)2)45-39(49)36-16-15-30(25-43-36)24-42-18-21-48/h9-16,23,25,42,48H,17-22,24,26H2,1-8H3,(H,45,49)(H,46,50). The smallest absolute Gasteiger partial charge is 0.274 e. The lowest BCUT2D eigenvalue weighted by Gasteiger charge is -2.37. The molecular weight excluding hydrogens is 669 g/mol. The molecule has 276 valence electrons. The Kier molecular flexibility index (Phi) is 12.4. The molecule has 0 spiro atoms. The number of fused-ring (bicyclic) bond motifs is 1. The largest absolute Gasteiger partial charge is 0.416 e. The lowest BCUT2D eigenvalue weighted by Crippen LogP contribution is -2.43. The Hall–Kier alpha value is -4.26. The normalized spacial score (nSPS) is 13.5. The van der Waals surface area contributed by atoms with Crippen molar-refractivity contribution in [3.8, 4) is 11.1 Å². The molecule has 2 aromatic heterocycles. The summed E-state index contributed by atoms with van der Waals surface area (Å²) in [5.74, 6) is -0.548. The summed E-state index contributed by atoms with van der Waals surface area (Å²) >= 11 is 0. The van der Waals surface area contributed by atoms with Crippen molar-refractivity contribution in [3.05, 3.63) is 106 Å². The van der Waals surface area contributed by atoms with Gasteiger partial charge >= 0.3 is 0 Å². The molecule has 0 fully saturated rings. The fraction of sp³-hybridized carbons (Fsp3) is 0.415. The number of benzene rings is 2. The van der Waals surface area contributed by atoms with Crippen molar-refractivity contribution in [2.24, 2.45) is 0 Å². The van der Waals surface area contributed by atoms with Gasteiger partial charge in [-0.3, -0.25) is 19.5 Å². The van der Waals surface area contributed by atoms with E-state index < -0.39 is 8.32 Å². The maximum atomic E-state index is 13.7. The number of carbonyl (C=O) groups is 2. The average molecular weight is 723 g/mol. The minimum atomic E-state index is -1.81. The third-order valence-electron chi connectivity index (χ3n) is 10.5. The van der Waals surface area contributed by atoms with E-state index in [0.29, 0.717) is 49.0 Å². The van der Waals surface area contributed by atoms with E-state index in [2.05, 4.69) is 66.6 Å². The summed E-state index contributed by atoms with van der Waals surface area (Å²) in [6, 6.07) is 17.1. The van der Waals surface area contributed by atoms with E-state index in [9.17, 15) is 9.59 Å². The zero-order valence-corrected chi connectivity index (χ0v) is 32.9. The number of nitrogens with one attached hydrogen (secondary N) is 3. The molecule has 0 unspecified atom stereocenters.